The summed E-state index contributed by atoms with van der Waals surface area (Å²) >= 11 is 7.25. The Morgan fingerprint density at radius 1 is 1.31 bits per heavy atom. The lowest BCUT2D eigenvalue weighted by molar-refractivity contribution is 0.0951. The highest BCUT2D eigenvalue weighted by atomic mass is 35.5. The number of amides is 1. The van der Waals surface area contributed by atoms with Gasteiger partial charge in [0.15, 0.2) is 0 Å². The maximum Gasteiger partial charge on any atom is 0.251 e. The Morgan fingerprint density at radius 3 is 2.85 bits per heavy atom. The molecule has 0 spiro atoms. The van der Waals surface area contributed by atoms with Gasteiger partial charge in [0.05, 0.1) is 21.9 Å². The molecule has 1 amide bonds. The third-order valence-corrected chi connectivity index (χ3v) is 6.64. The molecular weight excluding hydrogens is 396 g/mol. The van der Waals surface area contributed by atoms with Crippen molar-refractivity contribution in [1.82, 2.24) is 10.0 Å². The Kier molecular flexibility index (Phi) is 6.31. The number of sulfonamides is 1. The van der Waals surface area contributed by atoms with Crippen LogP contribution in [0.15, 0.2) is 41.3 Å². The maximum absolute atomic E-state index is 12.4. The molecular formula is C17H19ClN2O4S2. The third kappa shape index (κ3) is 5.05. The van der Waals surface area contributed by atoms with E-state index in [1.165, 1.54) is 23.5 Å². The lowest BCUT2D eigenvalue weighted by atomic mass is 10.2. The molecule has 0 aliphatic carbocycles. The van der Waals surface area contributed by atoms with Crippen molar-refractivity contribution in [3.63, 3.8) is 0 Å². The molecule has 26 heavy (non-hydrogen) atoms. The van der Waals surface area contributed by atoms with Crippen LogP contribution in [0.4, 0.5) is 0 Å². The number of nitrogens with one attached hydrogen (secondary N) is 2. The zero-order valence-electron chi connectivity index (χ0n) is 13.9. The summed E-state index contributed by atoms with van der Waals surface area (Å²) in [6, 6.07) is 9.57. The average Bonchev–Trinajstić information content (AvgIpc) is 3.29. The normalized spacial score (nSPS) is 17.3. The molecule has 1 aliphatic heterocycles. The number of halogens is 1. The Balaban J connectivity index is 1.63. The molecule has 3 rings (SSSR count). The Bertz CT molecular complexity index is 876. The van der Waals surface area contributed by atoms with Crippen molar-refractivity contribution in [3.05, 3.63) is 51.2 Å². The van der Waals surface area contributed by atoms with Gasteiger partial charge in [-0.2, -0.15) is 0 Å². The van der Waals surface area contributed by atoms with E-state index in [0.29, 0.717) is 17.5 Å². The second-order valence-corrected chi connectivity index (χ2v) is 9.47. The van der Waals surface area contributed by atoms with Crippen LogP contribution in [0.2, 0.25) is 4.34 Å². The van der Waals surface area contributed by atoms with Crippen molar-refractivity contribution < 1.29 is 17.9 Å². The Hall–Kier alpha value is -1.45. The van der Waals surface area contributed by atoms with Gasteiger partial charge in [0.1, 0.15) is 0 Å². The molecule has 0 radical (unpaired) electrons. The number of rotatable bonds is 7. The fourth-order valence-electron chi connectivity index (χ4n) is 2.61. The number of carbonyl (C=O) groups excluding carboxylic acids is 1. The van der Waals surface area contributed by atoms with Crippen LogP contribution in [-0.4, -0.2) is 33.6 Å². The third-order valence-electron chi connectivity index (χ3n) is 3.98. The molecule has 1 aromatic heterocycles. The van der Waals surface area contributed by atoms with Crippen LogP contribution in [0.25, 0.3) is 0 Å². The zero-order chi connectivity index (χ0) is 18.6. The van der Waals surface area contributed by atoms with Gasteiger partial charge in [-0.05, 0) is 43.2 Å². The summed E-state index contributed by atoms with van der Waals surface area (Å²) in [5, 5.41) is 2.76. The Labute approximate surface area is 161 Å². The second kappa shape index (κ2) is 8.49. The minimum absolute atomic E-state index is 0.0577. The van der Waals surface area contributed by atoms with Gasteiger partial charge in [0.2, 0.25) is 10.0 Å². The fraction of sp³-hybridized carbons (Fsp3) is 0.353. The molecule has 2 heterocycles. The van der Waals surface area contributed by atoms with Crippen LogP contribution in [0.5, 0.6) is 0 Å². The van der Waals surface area contributed by atoms with Gasteiger partial charge in [-0.1, -0.05) is 17.7 Å². The highest BCUT2D eigenvalue weighted by Crippen LogP contribution is 2.21. The van der Waals surface area contributed by atoms with Gasteiger partial charge in [-0.15, -0.1) is 11.3 Å². The predicted molar refractivity (Wildman–Crippen MR) is 101 cm³/mol. The van der Waals surface area contributed by atoms with E-state index in [1.54, 1.807) is 18.2 Å². The van der Waals surface area contributed by atoms with E-state index in [4.69, 9.17) is 16.3 Å². The van der Waals surface area contributed by atoms with Gasteiger partial charge in [-0.3, -0.25) is 4.79 Å². The van der Waals surface area contributed by atoms with Crippen LogP contribution in [0.1, 0.15) is 28.1 Å². The maximum atomic E-state index is 12.4. The van der Waals surface area contributed by atoms with Gasteiger partial charge < -0.3 is 10.1 Å². The van der Waals surface area contributed by atoms with E-state index in [-0.39, 0.29) is 29.0 Å². The van der Waals surface area contributed by atoms with Crippen LogP contribution in [0.3, 0.4) is 0 Å². The monoisotopic (exact) mass is 414 g/mol. The SMILES string of the molecule is O=C(NCc1ccc(Cl)s1)c1cccc(S(=O)(=O)NCC2CCCO2)c1. The summed E-state index contributed by atoms with van der Waals surface area (Å²) in [5.74, 6) is -0.342. The molecule has 2 aromatic rings. The van der Waals surface area contributed by atoms with E-state index in [1.807, 2.05) is 6.07 Å². The van der Waals surface area contributed by atoms with Crippen molar-refractivity contribution in [1.29, 1.82) is 0 Å². The van der Waals surface area contributed by atoms with Crippen LogP contribution in [-0.2, 0) is 21.3 Å². The number of ether oxygens (including phenoxy) is 1. The molecule has 140 valence electrons. The number of carbonyl (C=O) groups is 1. The van der Waals surface area contributed by atoms with Crippen LogP contribution < -0.4 is 10.0 Å². The van der Waals surface area contributed by atoms with E-state index in [2.05, 4.69) is 10.0 Å². The van der Waals surface area contributed by atoms with Crippen molar-refractivity contribution >= 4 is 38.9 Å². The van der Waals surface area contributed by atoms with Gasteiger partial charge >= 0.3 is 0 Å². The van der Waals surface area contributed by atoms with Crippen LogP contribution in [0, 0.1) is 0 Å². The average molecular weight is 415 g/mol. The number of hydrogen-bond acceptors (Lipinski definition) is 5. The molecule has 1 atom stereocenters. The summed E-state index contributed by atoms with van der Waals surface area (Å²) < 4.78 is 33.5. The number of thiophene rings is 1. The summed E-state index contributed by atoms with van der Waals surface area (Å²) in [7, 11) is -3.69. The molecule has 1 fully saturated rings. The molecule has 0 saturated carbocycles. The van der Waals surface area contributed by atoms with Crippen molar-refractivity contribution in [2.45, 2.75) is 30.4 Å². The smallest absolute Gasteiger partial charge is 0.251 e. The van der Waals surface area contributed by atoms with Gasteiger partial charge in [0.25, 0.3) is 5.91 Å². The molecule has 9 heteroatoms. The topological polar surface area (TPSA) is 84.5 Å². The molecule has 6 nitrogen and oxygen atoms in total. The minimum atomic E-state index is -3.69. The lowest BCUT2D eigenvalue weighted by Crippen LogP contribution is -2.32. The van der Waals surface area contributed by atoms with Crippen molar-refractivity contribution in [2.75, 3.05) is 13.2 Å². The first-order chi connectivity index (χ1) is 12.4. The van der Waals surface area contributed by atoms with Gasteiger partial charge in [0, 0.05) is 23.6 Å². The van der Waals surface area contributed by atoms with Gasteiger partial charge in [-0.25, -0.2) is 13.1 Å². The first kappa shape index (κ1) is 19.3. The lowest BCUT2D eigenvalue weighted by Gasteiger charge is -2.12. The Morgan fingerprint density at radius 2 is 2.15 bits per heavy atom. The summed E-state index contributed by atoms with van der Waals surface area (Å²) in [5.41, 5.74) is 0.285. The van der Waals surface area contributed by atoms with E-state index < -0.39 is 10.0 Å². The summed E-state index contributed by atoms with van der Waals surface area (Å²) in [6.45, 7) is 1.24. The summed E-state index contributed by atoms with van der Waals surface area (Å²) in [6.07, 6.45) is 1.70. The number of hydrogen-bond donors (Lipinski definition) is 2. The highest BCUT2D eigenvalue weighted by Gasteiger charge is 2.21. The zero-order valence-corrected chi connectivity index (χ0v) is 16.3. The summed E-state index contributed by atoms with van der Waals surface area (Å²) in [4.78, 5) is 13.3. The van der Waals surface area contributed by atoms with Crippen molar-refractivity contribution in [2.24, 2.45) is 0 Å². The first-order valence-electron chi connectivity index (χ1n) is 8.18. The van der Waals surface area contributed by atoms with E-state index >= 15 is 0 Å². The highest BCUT2D eigenvalue weighted by molar-refractivity contribution is 7.89. The molecule has 1 aliphatic rings. The molecule has 2 N–H and O–H groups in total. The molecule has 0 bridgehead atoms. The molecule has 1 saturated heterocycles. The second-order valence-electron chi connectivity index (χ2n) is 5.90. The van der Waals surface area contributed by atoms with E-state index in [9.17, 15) is 13.2 Å². The quantitative estimate of drug-likeness (QED) is 0.729. The predicted octanol–water partition coefficient (Wildman–Crippen LogP) is 2.79. The molecule has 1 aromatic carbocycles. The largest absolute Gasteiger partial charge is 0.377 e. The van der Waals surface area contributed by atoms with Crippen LogP contribution >= 0.6 is 22.9 Å². The van der Waals surface area contributed by atoms with Crippen molar-refractivity contribution in [3.8, 4) is 0 Å². The standard InChI is InChI=1S/C17H19ClN2O4S2/c18-16-7-6-14(25-16)11-19-17(21)12-3-1-5-15(9-12)26(22,23)20-10-13-4-2-8-24-13/h1,3,5-7,9,13,20H,2,4,8,10-11H2,(H,19,21). The first-order valence-corrected chi connectivity index (χ1v) is 10.9. The minimum Gasteiger partial charge on any atom is -0.377 e. The van der Waals surface area contributed by atoms with E-state index in [0.717, 1.165) is 17.7 Å². The number of benzene rings is 1. The molecule has 1 unspecified atom stereocenters. The fourth-order valence-corrected chi connectivity index (χ4v) is 4.75.